The van der Waals surface area contributed by atoms with Gasteiger partial charge < -0.3 is 39.4 Å². The Hall–Kier alpha value is -5.38. The van der Waals surface area contributed by atoms with Crippen molar-refractivity contribution in [3.8, 4) is 56.9 Å². The number of rotatable bonds is 21. The Morgan fingerprint density at radius 3 is 0.578 bits per heavy atom. The molecule has 10 heteroatoms. The molecule has 0 unspecified atom stereocenters. The maximum Gasteiger partial charge on any atom is 0.355 e. The topological polar surface area (TPSA) is 147 Å². The molecule has 0 aromatic carbocycles. The van der Waals surface area contributed by atoms with E-state index in [0.717, 1.165) is 145 Å². The van der Waals surface area contributed by atoms with Crippen molar-refractivity contribution < 1.29 is 19.1 Å². The fraction of sp³-hybridized carbons (Fsp3) is 0.519. The third-order valence-corrected chi connectivity index (χ3v) is 13.8. The number of ether oxygens (including phenoxy) is 2. The Bertz CT molecular complexity index is 2430. The number of aromatic nitrogens is 6. The minimum atomic E-state index is -0.296. The zero-order valence-corrected chi connectivity index (χ0v) is 41.5. The van der Waals surface area contributed by atoms with Crippen molar-refractivity contribution in [3.63, 3.8) is 0 Å². The van der Waals surface area contributed by atoms with E-state index in [1.54, 1.807) is 0 Å². The lowest BCUT2D eigenvalue weighted by atomic mass is 9.95. The lowest BCUT2D eigenvalue weighted by Crippen LogP contribution is -2.08. The quantitative estimate of drug-likeness (QED) is 0.0400. The lowest BCUT2D eigenvalue weighted by molar-refractivity contribution is 0.0509. The van der Waals surface area contributed by atoms with Crippen molar-refractivity contribution >= 4 is 11.9 Å². The molecule has 6 N–H and O–H groups in total. The maximum absolute atomic E-state index is 13.3. The summed E-state index contributed by atoms with van der Waals surface area (Å²) in [6, 6.07) is 0. The Kier molecular flexibility index (Phi) is 15.5. The summed E-state index contributed by atoms with van der Waals surface area (Å²) in [5.41, 5.74) is 27.0. The highest BCUT2D eigenvalue weighted by Gasteiger charge is 2.32. The van der Waals surface area contributed by atoms with Gasteiger partial charge in [-0.3, -0.25) is 0 Å². The second kappa shape index (κ2) is 20.6. The summed E-state index contributed by atoms with van der Waals surface area (Å²) in [4.78, 5) is 49.8. The second-order valence-corrected chi connectivity index (χ2v) is 16.7. The molecule has 0 bridgehead atoms. The fourth-order valence-corrected chi connectivity index (χ4v) is 11.0. The molecule has 346 valence electrons. The molecule has 10 nitrogen and oxygen atoms in total. The van der Waals surface area contributed by atoms with Crippen molar-refractivity contribution in [2.75, 3.05) is 13.2 Å². The zero-order chi connectivity index (χ0) is 46.6. The normalized spacial score (nSPS) is 11.7. The predicted molar refractivity (Wildman–Crippen MR) is 264 cm³/mol. The van der Waals surface area contributed by atoms with Crippen LogP contribution in [0.2, 0.25) is 0 Å². The van der Waals surface area contributed by atoms with E-state index in [1.165, 1.54) is 55.6 Å². The molecule has 0 saturated carbocycles. The van der Waals surface area contributed by atoms with Gasteiger partial charge in [0.2, 0.25) is 0 Å². The maximum atomic E-state index is 13.3. The molecule has 0 fully saturated rings. The van der Waals surface area contributed by atoms with Gasteiger partial charge in [-0.2, -0.15) is 0 Å². The molecule has 0 saturated heterocycles. The van der Waals surface area contributed by atoms with E-state index in [2.05, 4.69) is 113 Å². The number of H-pyrrole nitrogens is 6. The van der Waals surface area contributed by atoms with Crippen molar-refractivity contribution in [3.05, 3.63) is 78.1 Å². The van der Waals surface area contributed by atoms with Crippen LogP contribution < -0.4 is 0 Å². The van der Waals surface area contributed by atoms with Crippen molar-refractivity contribution in [2.45, 2.75) is 174 Å². The van der Waals surface area contributed by atoms with Crippen molar-refractivity contribution in [1.82, 2.24) is 29.9 Å². The standard InChI is InChI=1S/C54H76N6O4/c1-15-29-31(17-3)43(45-33(19-5)35(21-7)47(57-45)49-37(23-9)39(25-11)51(59-49)53(61)63-27-13)55-41(29)42-30(16-2)32(18-4)44(56-42)46-34(20-6)36(22-8)48(58-46)50-38(24-10)40(26-12)52(60-50)54(62)64-28-14/h55-60H,15-28H2,1-14H3. The average Bonchev–Trinajstić information content (AvgIpc) is 4.16. The summed E-state index contributed by atoms with van der Waals surface area (Å²) in [6.45, 7) is 31.0. The van der Waals surface area contributed by atoms with Crippen LogP contribution in [0.4, 0.5) is 0 Å². The SMILES string of the molecule is CCOC(=O)c1[nH]c(-c2[nH]c(-c3[nH]c(-c4[nH]c(-c5[nH]c(-c6[nH]c(C(=O)OCC)c(CC)c6CC)c(CC)c5CC)c(CC)c4CC)c(CC)c3CC)c(CC)c2CC)c(CC)c1CC. The molecular weight excluding hydrogens is 797 g/mol. The predicted octanol–water partition coefficient (Wildman–Crippen LogP) is 13.1. The fourth-order valence-electron chi connectivity index (χ4n) is 11.0. The molecule has 0 aliphatic carbocycles. The highest BCUT2D eigenvalue weighted by molar-refractivity contribution is 5.93. The van der Waals surface area contributed by atoms with Gasteiger partial charge in [-0.05, 0) is 158 Å². The van der Waals surface area contributed by atoms with E-state index in [9.17, 15) is 9.59 Å². The van der Waals surface area contributed by atoms with E-state index in [-0.39, 0.29) is 11.9 Å². The third-order valence-electron chi connectivity index (χ3n) is 13.8. The van der Waals surface area contributed by atoms with Crippen LogP contribution in [0.5, 0.6) is 0 Å². The molecule has 0 amide bonds. The van der Waals surface area contributed by atoms with Crippen LogP contribution >= 0.6 is 0 Å². The van der Waals surface area contributed by atoms with E-state index >= 15 is 0 Å². The largest absolute Gasteiger partial charge is 0.461 e. The average molecular weight is 873 g/mol. The number of carbonyl (C=O) groups is 2. The minimum absolute atomic E-state index is 0.296. The van der Waals surface area contributed by atoms with Gasteiger partial charge in [0.05, 0.1) is 70.2 Å². The highest BCUT2D eigenvalue weighted by Crippen LogP contribution is 2.45. The molecular formula is C54H76N6O4. The molecule has 6 aromatic heterocycles. The Balaban J connectivity index is 1.59. The van der Waals surface area contributed by atoms with Gasteiger partial charge in [0, 0.05) is 0 Å². The first-order valence-corrected chi connectivity index (χ1v) is 24.8. The van der Waals surface area contributed by atoms with Gasteiger partial charge in [0.1, 0.15) is 11.4 Å². The van der Waals surface area contributed by atoms with Crippen molar-refractivity contribution in [2.24, 2.45) is 0 Å². The molecule has 0 spiro atoms. The van der Waals surface area contributed by atoms with E-state index in [0.29, 0.717) is 24.6 Å². The molecule has 6 aromatic rings. The monoisotopic (exact) mass is 873 g/mol. The highest BCUT2D eigenvalue weighted by atomic mass is 16.5. The molecule has 6 rings (SSSR count). The van der Waals surface area contributed by atoms with Crippen LogP contribution in [-0.2, 0) is 86.5 Å². The minimum Gasteiger partial charge on any atom is -0.461 e. The van der Waals surface area contributed by atoms with E-state index < -0.39 is 0 Å². The van der Waals surface area contributed by atoms with Gasteiger partial charge in [0.15, 0.2) is 0 Å². The molecule has 0 radical (unpaired) electrons. The van der Waals surface area contributed by atoms with E-state index in [1.807, 2.05) is 13.8 Å². The third kappa shape index (κ3) is 7.93. The number of nitrogens with one attached hydrogen (secondary N) is 6. The summed E-state index contributed by atoms with van der Waals surface area (Å²) in [6.07, 6.45) is 10.0. The van der Waals surface area contributed by atoms with Crippen LogP contribution in [-0.4, -0.2) is 55.1 Å². The van der Waals surface area contributed by atoms with Gasteiger partial charge in [0.25, 0.3) is 0 Å². The zero-order valence-electron chi connectivity index (χ0n) is 41.5. The van der Waals surface area contributed by atoms with Gasteiger partial charge in [-0.1, -0.05) is 83.1 Å². The second-order valence-electron chi connectivity index (χ2n) is 16.7. The van der Waals surface area contributed by atoms with Crippen molar-refractivity contribution in [1.29, 1.82) is 0 Å². The molecule has 64 heavy (non-hydrogen) atoms. The first-order chi connectivity index (χ1) is 31.0. The number of hydrogen-bond acceptors (Lipinski definition) is 4. The van der Waals surface area contributed by atoms with Gasteiger partial charge >= 0.3 is 11.9 Å². The first-order valence-electron chi connectivity index (χ1n) is 24.8. The van der Waals surface area contributed by atoms with Crippen LogP contribution in [0.3, 0.4) is 0 Å². The summed E-state index contributed by atoms with van der Waals surface area (Å²) >= 11 is 0. The molecule has 0 aliphatic heterocycles. The lowest BCUT2D eigenvalue weighted by Gasteiger charge is -2.07. The van der Waals surface area contributed by atoms with Crippen LogP contribution in [0, 0.1) is 0 Å². The summed E-state index contributed by atoms with van der Waals surface area (Å²) in [7, 11) is 0. The van der Waals surface area contributed by atoms with Crippen LogP contribution in [0.15, 0.2) is 0 Å². The number of aromatic amines is 6. The Morgan fingerprint density at radius 2 is 0.422 bits per heavy atom. The Labute approximate surface area is 381 Å². The van der Waals surface area contributed by atoms with Crippen LogP contribution in [0.25, 0.3) is 56.9 Å². The van der Waals surface area contributed by atoms with Gasteiger partial charge in [-0.15, -0.1) is 0 Å². The summed E-state index contributed by atoms with van der Waals surface area (Å²) in [5.74, 6) is -0.592. The summed E-state index contributed by atoms with van der Waals surface area (Å²) in [5, 5.41) is 0. The first kappa shape index (κ1) is 48.1. The van der Waals surface area contributed by atoms with E-state index in [4.69, 9.17) is 9.47 Å². The van der Waals surface area contributed by atoms with Crippen LogP contribution in [0.1, 0.15) is 185 Å². The molecule has 0 aliphatic rings. The molecule has 0 atom stereocenters. The number of carbonyl (C=O) groups excluding carboxylic acids is 2. The molecule has 6 heterocycles. The van der Waals surface area contributed by atoms with Gasteiger partial charge in [-0.25, -0.2) is 9.59 Å². The number of esters is 2. The summed E-state index contributed by atoms with van der Waals surface area (Å²) < 4.78 is 11.1. The number of hydrogen-bond donors (Lipinski definition) is 6. The Morgan fingerprint density at radius 1 is 0.266 bits per heavy atom. The smallest absolute Gasteiger partial charge is 0.355 e.